The fourth-order valence-electron chi connectivity index (χ4n) is 2.78. The molecule has 0 radical (unpaired) electrons. The van der Waals surface area contributed by atoms with Gasteiger partial charge in [0.2, 0.25) is 0 Å². The van der Waals surface area contributed by atoms with Crippen LogP contribution in [0.1, 0.15) is 24.0 Å². The van der Waals surface area contributed by atoms with Gasteiger partial charge in [0, 0.05) is 30.9 Å². The number of aliphatic hydroxyl groups is 1. The summed E-state index contributed by atoms with van der Waals surface area (Å²) in [7, 11) is 0. The van der Waals surface area contributed by atoms with Crippen molar-refractivity contribution in [2.24, 2.45) is 0 Å². The van der Waals surface area contributed by atoms with Crippen molar-refractivity contribution in [1.29, 1.82) is 0 Å². The van der Waals surface area contributed by atoms with Gasteiger partial charge < -0.3 is 25.2 Å². The predicted molar refractivity (Wildman–Crippen MR) is 111 cm³/mol. The Kier molecular flexibility index (Phi) is 10.5. The van der Waals surface area contributed by atoms with Gasteiger partial charge in [0.05, 0.1) is 13.2 Å². The summed E-state index contributed by atoms with van der Waals surface area (Å²) in [4.78, 5) is 0. The van der Waals surface area contributed by atoms with Crippen molar-refractivity contribution in [2.75, 3.05) is 38.2 Å². The summed E-state index contributed by atoms with van der Waals surface area (Å²) < 4.78 is 47.2. The minimum Gasteiger partial charge on any atom is -0.484 e. The highest BCUT2D eigenvalue weighted by atomic mass is 19.4. The fourth-order valence-corrected chi connectivity index (χ4v) is 2.78. The van der Waals surface area contributed by atoms with Crippen molar-refractivity contribution < 1.29 is 27.8 Å². The molecule has 0 aliphatic heterocycles. The standard InChI is InChI=1S/C22H29F3N2O3/c23-22(24,25)17-30-21-9-8-18(14-19(21)16-28)15-26-10-4-5-12-29-13-11-27-20-6-2-1-3-7-20/h1-3,6-9,14,26-28H,4-5,10-13,15-17H2. The topological polar surface area (TPSA) is 62.8 Å². The van der Waals surface area contributed by atoms with E-state index in [1.807, 2.05) is 30.3 Å². The molecule has 0 heterocycles. The number of alkyl halides is 3. The van der Waals surface area contributed by atoms with E-state index in [-0.39, 0.29) is 12.4 Å². The Hall–Kier alpha value is -2.29. The zero-order valence-electron chi connectivity index (χ0n) is 16.9. The van der Waals surface area contributed by atoms with Gasteiger partial charge in [0.1, 0.15) is 5.75 Å². The molecule has 0 aliphatic rings. The molecule has 30 heavy (non-hydrogen) atoms. The molecule has 0 saturated carbocycles. The molecule has 0 atom stereocenters. The molecule has 0 fully saturated rings. The van der Waals surface area contributed by atoms with Crippen LogP contribution in [0.4, 0.5) is 18.9 Å². The molecule has 2 aromatic carbocycles. The molecule has 2 aromatic rings. The molecule has 166 valence electrons. The lowest BCUT2D eigenvalue weighted by atomic mass is 10.1. The number of hydrogen-bond acceptors (Lipinski definition) is 5. The molecule has 5 nitrogen and oxygen atoms in total. The van der Waals surface area contributed by atoms with Crippen LogP contribution >= 0.6 is 0 Å². The number of anilines is 1. The maximum absolute atomic E-state index is 12.3. The van der Waals surface area contributed by atoms with Crippen LogP contribution < -0.4 is 15.4 Å². The normalized spacial score (nSPS) is 11.5. The van der Waals surface area contributed by atoms with Crippen LogP contribution in [0.15, 0.2) is 48.5 Å². The average Bonchev–Trinajstić information content (AvgIpc) is 2.74. The molecule has 3 N–H and O–H groups in total. The number of benzene rings is 2. The Balaban J connectivity index is 1.54. The Labute approximate surface area is 175 Å². The van der Waals surface area contributed by atoms with Crippen LogP contribution in [0.2, 0.25) is 0 Å². The lowest BCUT2D eigenvalue weighted by molar-refractivity contribution is -0.153. The molecule has 0 aromatic heterocycles. The Morgan fingerprint density at radius 2 is 1.73 bits per heavy atom. The van der Waals surface area contributed by atoms with Crippen LogP contribution in [-0.2, 0) is 17.9 Å². The number of unbranched alkanes of at least 4 members (excludes halogenated alkanes) is 1. The van der Waals surface area contributed by atoms with E-state index in [4.69, 9.17) is 9.47 Å². The van der Waals surface area contributed by atoms with E-state index in [0.29, 0.717) is 25.3 Å². The largest absolute Gasteiger partial charge is 0.484 e. The molecule has 0 spiro atoms. The molecule has 0 unspecified atom stereocenters. The van der Waals surface area contributed by atoms with E-state index < -0.39 is 12.8 Å². The van der Waals surface area contributed by atoms with E-state index in [1.54, 1.807) is 12.1 Å². The van der Waals surface area contributed by atoms with E-state index in [9.17, 15) is 18.3 Å². The number of halogens is 3. The van der Waals surface area contributed by atoms with Crippen molar-refractivity contribution in [2.45, 2.75) is 32.2 Å². The number of aliphatic hydroxyl groups excluding tert-OH is 1. The van der Waals surface area contributed by atoms with E-state index >= 15 is 0 Å². The third kappa shape index (κ3) is 9.96. The maximum atomic E-state index is 12.3. The number of nitrogens with one attached hydrogen (secondary N) is 2. The molecular weight excluding hydrogens is 397 g/mol. The quantitative estimate of drug-likeness (QED) is 0.397. The summed E-state index contributed by atoms with van der Waals surface area (Å²) in [5.41, 5.74) is 2.30. The molecule has 0 bridgehead atoms. The summed E-state index contributed by atoms with van der Waals surface area (Å²) in [6, 6.07) is 14.8. The maximum Gasteiger partial charge on any atom is 0.422 e. The SMILES string of the molecule is OCc1cc(CNCCCCOCCNc2ccccc2)ccc1OCC(F)(F)F. The molecule has 0 aliphatic carbocycles. The first-order valence-corrected chi connectivity index (χ1v) is 9.97. The molecule has 0 saturated heterocycles. The van der Waals surface area contributed by atoms with E-state index in [0.717, 1.165) is 37.2 Å². The highest BCUT2D eigenvalue weighted by Crippen LogP contribution is 2.23. The van der Waals surface area contributed by atoms with Crippen molar-refractivity contribution >= 4 is 5.69 Å². The third-order valence-electron chi connectivity index (χ3n) is 4.26. The minimum atomic E-state index is -4.41. The zero-order valence-corrected chi connectivity index (χ0v) is 16.9. The van der Waals surface area contributed by atoms with Crippen molar-refractivity contribution in [1.82, 2.24) is 5.32 Å². The first-order valence-electron chi connectivity index (χ1n) is 9.97. The van der Waals surface area contributed by atoms with Crippen LogP contribution in [0.3, 0.4) is 0 Å². The summed E-state index contributed by atoms with van der Waals surface area (Å²) >= 11 is 0. The fraction of sp³-hybridized carbons (Fsp3) is 0.455. The highest BCUT2D eigenvalue weighted by molar-refractivity contribution is 5.42. The van der Waals surface area contributed by atoms with Gasteiger partial charge in [-0.25, -0.2) is 0 Å². The molecule has 8 heteroatoms. The summed E-state index contributed by atoms with van der Waals surface area (Å²) in [6.45, 7) is 1.71. The Morgan fingerprint density at radius 1 is 0.933 bits per heavy atom. The second-order valence-corrected chi connectivity index (χ2v) is 6.79. The van der Waals surface area contributed by atoms with Crippen molar-refractivity contribution in [3.05, 3.63) is 59.7 Å². The average molecular weight is 426 g/mol. The van der Waals surface area contributed by atoms with Crippen molar-refractivity contribution in [3.8, 4) is 5.75 Å². The van der Waals surface area contributed by atoms with Gasteiger partial charge in [-0.2, -0.15) is 13.2 Å². The first kappa shape index (κ1) is 24.0. The summed E-state index contributed by atoms with van der Waals surface area (Å²) in [6.07, 6.45) is -2.52. The van der Waals surface area contributed by atoms with Crippen LogP contribution in [0.25, 0.3) is 0 Å². The monoisotopic (exact) mass is 426 g/mol. The highest BCUT2D eigenvalue weighted by Gasteiger charge is 2.28. The lowest BCUT2D eigenvalue weighted by Crippen LogP contribution is -2.20. The smallest absolute Gasteiger partial charge is 0.422 e. The van der Waals surface area contributed by atoms with Crippen LogP contribution in [-0.4, -0.2) is 44.2 Å². The zero-order chi connectivity index (χ0) is 21.7. The Morgan fingerprint density at radius 3 is 2.47 bits per heavy atom. The number of ether oxygens (including phenoxy) is 2. The number of hydrogen-bond donors (Lipinski definition) is 3. The summed E-state index contributed by atoms with van der Waals surface area (Å²) in [5.74, 6) is 0.0532. The summed E-state index contributed by atoms with van der Waals surface area (Å²) in [5, 5.41) is 15.9. The van der Waals surface area contributed by atoms with Gasteiger partial charge >= 0.3 is 6.18 Å². The lowest BCUT2D eigenvalue weighted by Gasteiger charge is -2.13. The number of para-hydroxylation sites is 1. The first-order chi connectivity index (χ1) is 14.5. The van der Waals surface area contributed by atoms with Gasteiger partial charge in [-0.3, -0.25) is 0 Å². The molecule has 2 rings (SSSR count). The van der Waals surface area contributed by atoms with Gasteiger partial charge in [-0.15, -0.1) is 0 Å². The van der Waals surface area contributed by atoms with Crippen LogP contribution in [0, 0.1) is 0 Å². The van der Waals surface area contributed by atoms with E-state index in [2.05, 4.69) is 10.6 Å². The van der Waals surface area contributed by atoms with E-state index in [1.165, 1.54) is 6.07 Å². The molecule has 0 amide bonds. The van der Waals surface area contributed by atoms with Gasteiger partial charge in [0.25, 0.3) is 0 Å². The van der Waals surface area contributed by atoms with Gasteiger partial charge in [0.15, 0.2) is 6.61 Å². The minimum absolute atomic E-state index is 0.0532. The predicted octanol–water partition coefficient (Wildman–Crippen LogP) is 4.12. The van der Waals surface area contributed by atoms with Crippen molar-refractivity contribution in [3.63, 3.8) is 0 Å². The molecular formula is C22H29F3N2O3. The third-order valence-corrected chi connectivity index (χ3v) is 4.26. The Bertz CT molecular complexity index is 727. The second-order valence-electron chi connectivity index (χ2n) is 6.79. The van der Waals surface area contributed by atoms with Gasteiger partial charge in [-0.1, -0.05) is 24.3 Å². The van der Waals surface area contributed by atoms with Gasteiger partial charge in [-0.05, 0) is 49.2 Å². The second kappa shape index (κ2) is 13.1. The van der Waals surface area contributed by atoms with Crippen LogP contribution in [0.5, 0.6) is 5.75 Å². The number of rotatable bonds is 14.